The molecule has 0 saturated carbocycles. The van der Waals surface area contributed by atoms with Crippen molar-refractivity contribution in [2.45, 2.75) is 44.4 Å². The number of fused-ring (bicyclic) bond motifs is 1. The highest BCUT2D eigenvalue weighted by molar-refractivity contribution is 5.79. The van der Waals surface area contributed by atoms with E-state index in [1.165, 1.54) is 0 Å². The molecule has 142 valence electrons. The molecule has 3 saturated heterocycles. The van der Waals surface area contributed by atoms with E-state index in [0.29, 0.717) is 25.1 Å². The first-order valence-corrected chi connectivity index (χ1v) is 9.91. The first kappa shape index (κ1) is 17.9. The molecule has 26 heavy (non-hydrogen) atoms. The topological polar surface area (TPSA) is 63.7 Å². The quantitative estimate of drug-likeness (QED) is 0.885. The van der Waals surface area contributed by atoms with Gasteiger partial charge in [-0.15, -0.1) is 0 Å². The molecule has 0 bridgehead atoms. The van der Waals surface area contributed by atoms with Gasteiger partial charge in [0.15, 0.2) is 0 Å². The van der Waals surface area contributed by atoms with Crippen LogP contribution in [0.25, 0.3) is 0 Å². The van der Waals surface area contributed by atoms with Crippen LogP contribution in [-0.2, 0) is 20.8 Å². The fourth-order valence-electron chi connectivity index (χ4n) is 4.67. The lowest BCUT2D eigenvalue weighted by Gasteiger charge is -2.47. The van der Waals surface area contributed by atoms with Crippen LogP contribution < -0.4 is 5.32 Å². The van der Waals surface area contributed by atoms with Gasteiger partial charge in [-0.3, -0.25) is 14.7 Å². The minimum Gasteiger partial charge on any atom is -0.381 e. The molecule has 1 amide bonds. The molecule has 6 nitrogen and oxygen atoms in total. The van der Waals surface area contributed by atoms with Gasteiger partial charge in [0.05, 0.1) is 6.10 Å². The molecule has 3 aliphatic heterocycles. The molecule has 3 aliphatic rings. The number of pyridine rings is 1. The number of hydrogen-bond acceptors (Lipinski definition) is 5. The van der Waals surface area contributed by atoms with E-state index < -0.39 is 0 Å². The van der Waals surface area contributed by atoms with E-state index in [4.69, 9.17) is 9.47 Å². The maximum absolute atomic E-state index is 12.9. The highest BCUT2D eigenvalue weighted by Crippen LogP contribution is 2.35. The van der Waals surface area contributed by atoms with Crippen LogP contribution in [0.15, 0.2) is 24.5 Å². The third kappa shape index (κ3) is 4.08. The van der Waals surface area contributed by atoms with Crippen molar-refractivity contribution in [1.82, 2.24) is 15.2 Å². The number of ether oxygens (including phenoxy) is 2. The van der Waals surface area contributed by atoms with Crippen molar-refractivity contribution in [3.05, 3.63) is 30.1 Å². The molecular formula is C20H29N3O3. The summed E-state index contributed by atoms with van der Waals surface area (Å²) in [5.74, 6) is 0.517. The van der Waals surface area contributed by atoms with E-state index in [1.54, 1.807) is 12.4 Å². The van der Waals surface area contributed by atoms with Crippen LogP contribution in [0.3, 0.4) is 0 Å². The van der Waals surface area contributed by atoms with Crippen LogP contribution >= 0.6 is 0 Å². The van der Waals surface area contributed by atoms with Crippen molar-refractivity contribution in [3.63, 3.8) is 0 Å². The zero-order chi connectivity index (χ0) is 17.8. The smallest absolute Gasteiger partial charge is 0.223 e. The standard InChI is InChI=1S/C20H29N3O3/c24-20(22-13-15-2-1-7-21-12-15)17-6-11-26-19-3-8-23(14-18(17)19)16-4-9-25-10-5-16/h1-2,7,12,16-19H,3-6,8-11,13-14H2,(H,22,24)/t17-,18-,19-/m1/s1. The number of hydrogen-bond donors (Lipinski definition) is 1. The summed E-state index contributed by atoms with van der Waals surface area (Å²) in [7, 11) is 0. The Kier molecular flexibility index (Phi) is 5.82. The Labute approximate surface area is 155 Å². The molecule has 4 heterocycles. The SMILES string of the molecule is O=C(NCc1cccnc1)[C@@H]1CCO[C@@H]2CCN(C3CCOCC3)C[C@@H]21. The van der Waals surface area contributed by atoms with Crippen molar-refractivity contribution in [2.24, 2.45) is 11.8 Å². The fourth-order valence-corrected chi connectivity index (χ4v) is 4.67. The van der Waals surface area contributed by atoms with Crippen LogP contribution in [0.2, 0.25) is 0 Å². The normalized spacial score (nSPS) is 30.5. The Morgan fingerprint density at radius 2 is 2.12 bits per heavy atom. The second-order valence-electron chi connectivity index (χ2n) is 7.67. The fraction of sp³-hybridized carbons (Fsp3) is 0.700. The third-order valence-corrected chi connectivity index (χ3v) is 6.13. The van der Waals surface area contributed by atoms with Gasteiger partial charge in [-0.05, 0) is 37.3 Å². The molecule has 1 aromatic heterocycles. The van der Waals surface area contributed by atoms with Gasteiger partial charge in [-0.2, -0.15) is 0 Å². The summed E-state index contributed by atoms with van der Waals surface area (Å²) in [5.41, 5.74) is 1.04. The molecule has 0 radical (unpaired) electrons. The van der Waals surface area contributed by atoms with Gasteiger partial charge in [-0.25, -0.2) is 0 Å². The number of nitrogens with zero attached hydrogens (tertiary/aromatic N) is 2. The predicted octanol–water partition coefficient (Wildman–Crippen LogP) is 1.60. The van der Waals surface area contributed by atoms with Gasteiger partial charge < -0.3 is 14.8 Å². The predicted molar refractivity (Wildman–Crippen MR) is 97.5 cm³/mol. The average Bonchev–Trinajstić information content (AvgIpc) is 2.72. The number of carbonyl (C=O) groups excluding carboxylic acids is 1. The van der Waals surface area contributed by atoms with Crippen molar-refractivity contribution in [3.8, 4) is 0 Å². The van der Waals surface area contributed by atoms with Crippen LogP contribution in [-0.4, -0.2) is 60.8 Å². The van der Waals surface area contributed by atoms with E-state index >= 15 is 0 Å². The molecule has 0 spiro atoms. The van der Waals surface area contributed by atoms with Crippen LogP contribution in [0.4, 0.5) is 0 Å². The lowest BCUT2D eigenvalue weighted by molar-refractivity contribution is -0.144. The summed E-state index contributed by atoms with van der Waals surface area (Å²) in [6, 6.07) is 4.50. The van der Waals surface area contributed by atoms with Crippen molar-refractivity contribution in [2.75, 3.05) is 32.9 Å². The zero-order valence-corrected chi connectivity index (χ0v) is 15.3. The molecule has 6 heteroatoms. The number of likely N-dealkylation sites (tertiary alicyclic amines) is 1. The highest BCUT2D eigenvalue weighted by Gasteiger charge is 2.42. The largest absolute Gasteiger partial charge is 0.381 e. The van der Waals surface area contributed by atoms with Gasteiger partial charge in [0, 0.05) is 69.7 Å². The average molecular weight is 359 g/mol. The number of nitrogens with one attached hydrogen (secondary N) is 1. The molecule has 1 N–H and O–H groups in total. The van der Waals surface area contributed by atoms with Crippen molar-refractivity contribution < 1.29 is 14.3 Å². The molecule has 4 rings (SSSR count). The van der Waals surface area contributed by atoms with Crippen LogP contribution in [0.1, 0.15) is 31.2 Å². The molecule has 0 unspecified atom stereocenters. The summed E-state index contributed by atoms with van der Waals surface area (Å²) in [5, 5.41) is 3.12. The Bertz CT molecular complexity index is 591. The summed E-state index contributed by atoms with van der Waals surface area (Å²) in [6.45, 7) is 5.02. The lowest BCUT2D eigenvalue weighted by atomic mass is 9.78. The van der Waals surface area contributed by atoms with Crippen LogP contribution in [0.5, 0.6) is 0 Å². The second-order valence-corrected chi connectivity index (χ2v) is 7.67. The zero-order valence-electron chi connectivity index (χ0n) is 15.3. The number of aromatic nitrogens is 1. The number of amides is 1. The van der Waals surface area contributed by atoms with Gasteiger partial charge in [0.25, 0.3) is 0 Å². The van der Waals surface area contributed by atoms with Gasteiger partial charge in [0.1, 0.15) is 0 Å². The summed E-state index contributed by atoms with van der Waals surface area (Å²) >= 11 is 0. The maximum atomic E-state index is 12.9. The molecule has 3 atom stereocenters. The molecule has 0 aliphatic carbocycles. The van der Waals surface area contributed by atoms with E-state index in [-0.39, 0.29) is 17.9 Å². The number of rotatable bonds is 4. The van der Waals surface area contributed by atoms with E-state index in [2.05, 4.69) is 15.2 Å². The summed E-state index contributed by atoms with van der Waals surface area (Å²) in [4.78, 5) is 19.6. The molecule has 1 aromatic rings. The second kappa shape index (κ2) is 8.46. The minimum absolute atomic E-state index is 0.0491. The first-order valence-electron chi connectivity index (χ1n) is 9.91. The Balaban J connectivity index is 1.37. The van der Waals surface area contributed by atoms with Crippen molar-refractivity contribution in [1.29, 1.82) is 0 Å². The van der Waals surface area contributed by atoms with Gasteiger partial charge in [-0.1, -0.05) is 6.07 Å². The number of piperidine rings is 1. The first-order chi connectivity index (χ1) is 12.8. The number of carbonyl (C=O) groups is 1. The molecule has 3 fully saturated rings. The highest BCUT2D eigenvalue weighted by atomic mass is 16.5. The lowest BCUT2D eigenvalue weighted by Crippen LogP contribution is -2.56. The third-order valence-electron chi connectivity index (χ3n) is 6.13. The molecule has 0 aromatic carbocycles. The van der Waals surface area contributed by atoms with Crippen molar-refractivity contribution >= 4 is 5.91 Å². The summed E-state index contributed by atoms with van der Waals surface area (Å²) in [6.07, 6.45) is 7.86. The summed E-state index contributed by atoms with van der Waals surface area (Å²) < 4.78 is 11.5. The monoisotopic (exact) mass is 359 g/mol. The van der Waals surface area contributed by atoms with E-state index in [1.807, 2.05) is 12.1 Å². The Morgan fingerprint density at radius 3 is 2.92 bits per heavy atom. The van der Waals surface area contributed by atoms with Gasteiger partial charge in [0.2, 0.25) is 5.91 Å². The molecular weight excluding hydrogens is 330 g/mol. The van der Waals surface area contributed by atoms with E-state index in [9.17, 15) is 4.79 Å². The minimum atomic E-state index is 0.0491. The Morgan fingerprint density at radius 1 is 1.23 bits per heavy atom. The van der Waals surface area contributed by atoms with Crippen LogP contribution in [0, 0.1) is 11.8 Å². The maximum Gasteiger partial charge on any atom is 0.223 e. The Hall–Kier alpha value is -1.50. The van der Waals surface area contributed by atoms with E-state index in [0.717, 1.165) is 57.6 Å². The van der Waals surface area contributed by atoms with Gasteiger partial charge >= 0.3 is 0 Å².